The average Bonchev–Trinajstić information content (AvgIpc) is 2.71. The maximum Gasteiger partial charge on any atom is 0.106 e. The maximum atomic E-state index is 9.18. The van der Waals surface area contributed by atoms with E-state index in [1.165, 1.54) is 0 Å². The van der Waals surface area contributed by atoms with Crippen LogP contribution in [0.3, 0.4) is 0 Å². The summed E-state index contributed by atoms with van der Waals surface area (Å²) in [7, 11) is 0. The van der Waals surface area contributed by atoms with Crippen molar-refractivity contribution >= 4 is 5.69 Å². The van der Waals surface area contributed by atoms with Crippen molar-refractivity contribution in [1.29, 1.82) is 5.26 Å². The molecule has 0 bridgehead atoms. The smallest absolute Gasteiger partial charge is 0.106 e. The van der Waals surface area contributed by atoms with Crippen molar-refractivity contribution in [2.24, 2.45) is 0 Å². The monoisotopic (exact) mass is 254 g/mol. The molecule has 0 aliphatic rings. The highest BCUT2D eigenvalue weighted by atomic mass is 16.3. The summed E-state index contributed by atoms with van der Waals surface area (Å²) in [5.41, 5.74) is 3.77. The van der Waals surface area contributed by atoms with Crippen LogP contribution < -0.4 is 5.32 Å². The Labute approximate surface area is 113 Å². The van der Waals surface area contributed by atoms with Gasteiger partial charge in [-0.2, -0.15) is 5.26 Å². The van der Waals surface area contributed by atoms with Crippen LogP contribution in [0.25, 0.3) is 0 Å². The van der Waals surface area contributed by atoms with Gasteiger partial charge in [0.15, 0.2) is 0 Å². The molecule has 0 spiro atoms. The third kappa shape index (κ3) is 2.63. The lowest BCUT2D eigenvalue weighted by Crippen LogP contribution is -2.09. The molecule has 1 aromatic heterocycles. The molecule has 2 aromatic rings. The van der Waals surface area contributed by atoms with Crippen LogP contribution in [-0.4, -0.2) is 0 Å². The SMILES string of the molecule is Cc1cc(C(C)Nc2c(C)cccc2C#N)c(C)o1. The molecule has 0 fully saturated rings. The van der Waals surface area contributed by atoms with E-state index in [0.717, 1.165) is 28.3 Å². The minimum absolute atomic E-state index is 0.102. The van der Waals surface area contributed by atoms with Gasteiger partial charge in [-0.1, -0.05) is 12.1 Å². The van der Waals surface area contributed by atoms with Crippen molar-refractivity contribution in [2.45, 2.75) is 33.7 Å². The summed E-state index contributed by atoms with van der Waals surface area (Å²) in [6.07, 6.45) is 0. The Morgan fingerprint density at radius 3 is 2.58 bits per heavy atom. The van der Waals surface area contributed by atoms with Crippen molar-refractivity contribution in [3.8, 4) is 6.07 Å². The van der Waals surface area contributed by atoms with Gasteiger partial charge in [-0.05, 0) is 45.4 Å². The van der Waals surface area contributed by atoms with Gasteiger partial charge < -0.3 is 9.73 Å². The first-order valence-corrected chi connectivity index (χ1v) is 6.36. The molecule has 1 unspecified atom stereocenters. The molecule has 0 radical (unpaired) electrons. The highest BCUT2D eigenvalue weighted by Gasteiger charge is 2.15. The highest BCUT2D eigenvalue weighted by Crippen LogP contribution is 2.28. The second-order valence-corrected chi connectivity index (χ2v) is 4.84. The van der Waals surface area contributed by atoms with Crippen LogP contribution in [0.5, 0.6) is 0 Å². The number of rotatable bonds is 3. The van der Waals surface area contributed by atoms with E-state index in [2.05, 4.69) is 18.3 Å². The van der Waals surface area contributed by atoms with E-state index in [4.69, 9.17) is 4.42 Å². The number of nitrogens with one attached hydrogen (secondary N) is 1. The zero-order chi connectivity index (χ0) is 14.0. The van der Waals surface area contributed by atoms with E-state index in [9.17, 15) is 5.26 Å². The van der Waals surface area contributed by atoms with E-state index in [-0.39, 0.29) is 6.04 Å². The summed E-state index contributed by atoms with van der Waals surface area (Å²) in [5.74, 6) is 1.83. The number of hydrogen-bond donors (Lipinski definition) is 1. The van der Waals surface area contributed by atoms with Gasteiger partial charge in [0.05, 0.1) is 17.3 Å². The van der Waals surface area contributed by atoms with Gasteiger partial charge in [-0.3, -0.25) is 0 Å². The van der Waals surface area contributed by atoms with Gasteiger partial charge >= 0.3 is 0 Å². The Morgan fingerprint density at radius 2 is 2.00 bits per heavy atom. The van der Waals surface area contributed by atoms with Crippen LogP contribution >= 0.6 is 0 Å². The van der Waals surface area contributed by atoms with E-state index < -0.39 is 0 Å². The first-order valence-electron chi connectivity index (χ1n) is 6.36. The molecule has 3 nitrogen and oxygen atoms in total. The van der Waals surface area contributed by atoms with Crippen molar-refractivity contribution in [1.82, 2.24) is 0 Å². The highest BCUT2D eigenvalue weighted by molar-refractivity contribution is 5.63. The van der Waals surface area contributed by atoms with Gasteiger partial charge in [0, 0.05) is 5.56 Å². The van der Waals surface area contributed by atoms with Crippen LogP contribution in [0, 0.1) is 32.1 Å². The fraction of sp³-hybridized carbons (Fsp3) is 0.312. The summed E-state index contributed by atoms with van der Waals surface area (Å²) >= 11 is 0. The predicted molar refractivity (Wildman–Crippen MR) is 76.1 cm³/mol. The number of anilines is 1. The Hall–Kier alpha value is -2.21. The molecular weight excluding hydrogens is 236 g/mol. The van der Waals surface area contributed by atoms with Crippen LogP contribution in [-0.2, 0) is 0 Å². The van der Waals surface area contributed by atoms with Crippen LogP contribution in [0.4, 0.5) is 5.69 Å². The third-order valence-electron chi connectivity index (χ3n) is 3.30. The lowest BCUT2D eigenvalue weighted by atomic mass is 10.1. The van der Waals surface area contributed by atoms with Gasteiger partial charge in [-0.25, -0.2) is 0 Å². The fourth-order valence-corrected chi connectivity index (χ4v) is 2.33. The summed E-state index contributed by atoms with van der Waals surface area (Å²) in [5, 5.41) is 12.6. The summed E-state index contributed by atoms with van der Waals surface area (Å²) in [4.78, 5) is 0. The molecule has 1 heterocycles. The summed E-state index contributed by atoms with van der Waals surface area (Å²) < 4.78 is 5.56. The second kappa shape index (κ2) is 5.19. The first kappa shape index (κ1) is 13.2. The number of aryl methyl sites for hydroxylation is 3. The summed E-state index contributed by atoms with van der Waals surface area (Å²) in [6.45, 7) is 7.98. The Morgan fingerprint density at radius 1 is 1.26 bits per heavy atom. The van der Waals surface area contributed by atoms with Crippen molar-refractivity contribution in [3.63, 3.8) is 0 Å². The number of hydrogen-bond acceptors (Lipinski definition) is 3. The minimum Gasteiger partial charge on any atom is -0.466 e. The van der Waals surface area contributed by atoms with E-state index >= 15 is 0 Å². The van der Waals surface area contributed by atoms with Crippen molar-refractivity contribution < 1.29 is 4.42 Å². The number of nitriles is 1. The second-order valence-electron chi connectivity index (χ2n) is 4.84. The Balaban J connectivity index is 2.32. The summed E-state index contributed by atoms with van der Waals surface area (Å²) in [6, 6.07) is 10.1. The standard InChI is InChI=1S/C16H18N2O/c1-10-6-5-7-14(9-17)16(10)18-12(3)15-8-11(2)19-13(15)4/h5-8,12,18H,1-4H3. The number of benzene rings is 1. The number of para-hydroxylation sites is 1. The molecule has 19 heavy (non-hydrogen) atoms. The number of nitrogens with zero attached hydrogens (tertiary/aromatic N) is 1. The van der Waals surface area contributed by atoms with Gasteiger partial charge in [0.1, 0.15) is 17.6 Å². The lowest BCUT2D eigenvalue weighted by Gasteiger charge is -2.17. The normalized spacial score (nSPS) is 11.9. The van der Waals surface area contributed by atoms with E-state index in [1.54, 1.807) is 0 Å². The average molecular weight is 254 g/mol. The molecule has 0 aliphatic carbocycles. The van der Waals surface area contributed by atoms with Gasteiger partial charge in [0.25, 0.3) is 0 Å². The zero-order valence-electron chi connectivity index (χ0n) is 11.7. The lowest BCUT2D eigenvalue weighted by molar-refractivity contribution is 0.500. The van der Waals surface area contributed by atoms with Crippen LogP contribution in [0.2, 0.25) is 0 Å². The van der Waals surface area contributed by atoms with Gasteiger partial charge in [0.2, 0.25) is 0 Å². The van der Waals surface area contributed by atoms with E-state index in [1.807, 2.05) is 45.0 Å². The quantitative estimate of drug-likeness (QED) is 0.890. The Kier molecular flexibility index (Phi) is 3.62. The largest absolute Gasteiger partial charge is 0.466 e. The molecule has 1 N–H and O–H groups in total. The molecule has 2 rings (SSSR count). The van der Waals surface area contributed by atoms with Crippen molar-refractivity contribution in [3.05, 3.63) is 52.5 Å². The fourth-order valence-electron chi connectivity index (χ4n) is 2.33. The molecule has 3 heteroatoms. The molecule has 0 amide bonds. The van der Waals surface area contributed by atoms with Gasteiger partial charge in [-0.15, -0.1) is 0 Å². The molecule has 0 saturated heterocycles. The molecule has 0 saturated carbocycles. The van der Waals surface area contributed by atoms with Crippen LogP contribution in [0.15, 0.2) is 28.7 Å². The number of furan rings is 1. The molecule has 1 aromatic carbocycles. The minimum atomic E-state index is 0.102. The molecule has 1 atom stereocenters. The molecule has 98 valence electrons. The Bertz CT molecular complexity index is 635. The first-order chi connectivity index (χ1) is 9.02. The predicted octanol–water partition coefficient (Wildman–Crippen LogP) is 4.25. The third-order valence-corrected chi connectivity index (χ3v) is 3.30. The van der Waals surface area contributed by atoms with Crippen LogP contribution in [0.1, 0.15) is 41.2 Å². The zero-order valence-corrected chi connectivity index (χ0v) is 11.7. The maximum absolute atomic E-state index is 9.18. The molecular formula is C16H18N2O. The van der Waals surface area contributed by atoms with Crippen molar-refractivity contribution in [2.75, 3.05) is 5.32 Å². The topological polar surface area (TPSA) is 49.0 Å². The van der Waals surface area contributed by atoms with E-state index in [0.29, 0.717) is 5.56 Å². The molecule has 0 aliphatic heterocycles.